The van der Waals surface area contributed by atoms with Gasteiger partial charge in [-0.3, -0.25) is 4.79 Å². The molecule has 2 rings (SSSR count). The number of hydrogen-bond acceptors (Lipinski definition) is 4. The van der Waals surface area contributed by atoms with Crippen molar-refractivity contribution in [1.82, 2.24) is 10.6 Å². The SMILES string of the molecule is CCc1ccc(C(=O)N[C@H]2CNC[C@@H]2OC)o1. The Labute approximate surface area is 101 Å². The van der Waals surface area contributed by atoms with E-state index in [2.05, 4.69) is 10.6 Å². The fourth-order valence-electron chi connectivity index (χ4n) is 1.98. The number of carbonyl (C=O) groups is 1. The third kappa shape index (κ3) is 2.68. The molecule has 1 aromatic heterocycles. The molecule has 1 aliphatic heterocycles. The van der Waals surface area contributed by atoms with E-state index in [0.717, 1.165) is 25.3 Å². The van der Waals surface area contributed by atoms with Gasteiger partial charge in [0.1, 0.15) is 5.76 Å². The Morgan fingerprint density at radius 2 is 2.41 bits per heavy atom. The van der Waals surface area contributed by atoms with Gasteiger partial charge in [-0.1, -0.05) is 6.92 Å². The molecule has 0 saturated carbocycles. The third-order valence-corrected chi connectivity index (χ3v) is 3.01. The van der Waals surface area contributed by atoms with Gasteiger partial charge < -0.3 is 19.8 Å². The van der Waals surface area contributed by atoms with E-state index in [9.17, 15) is 4.79 Å². The van der Waals surface area contributed by atoms with E-state index in [1.54, 1.807) is 13.2 Å². The molecule has 5 heteroatoms. The summed E-state index contributed by atoms with van der Waals surface area (Å²) in [7, 11) is 1.65. The molecule has 0 aliphatic carbocycles. The predicted octanol–water partition coefficient (Wildman–Crippen LogP) is 0.559. The summed E-state index contributed by atoms with van der Waals surface area (Å²) in [6.45, 7) is 3.48. The molecule has 1 aliphatic rings. The first-order valence-corrected chi connectivity index (χ1v) is 5.87. The molecule has 1 aromatic rings. The average Bonchev–Trinajstić information content (AvgIpc) is 2.96. The van der Waals surface area contributed by atoms with Gasteiger partial charge in [0.2, 0.25) is 0 Å². The lowest BCUT2D eigenvalue weighted by molar-refractivity contribution is 0.0759. The Hall–Kier alpha value is -1.33. The van der Waals surface area contributed by atoms with Crippen molar-refractivity contribution in [2.24, 2.45) is 0 Å². The highest BCUT2D eigenvalue weighted by atomic mass is 16.5. The van der Waals surface area contributed by atoms with Crippen LogP contribution in [-0.2, 0) is 11.2 Å². The van der Waals surface area contributed by atoms with Crippen LogP contribution in [0.1, 0.15) is 23.2 Å². The zero-order valence-corrected chi connectivity index (χ0v) is 10.2. The van der Waals surface area contributed by atoms with Crippen LogP contribution in [0.5, 0.6) is 0 Å². The molecule has 2 atom stereocenters. The van der Waals surface area contributed by atoms with Crippen LogP contribution in [0, 0.1) is 0 Å². The maximum absolute atomic E-state index is 11.9. The molecule has 17 heavy (non-hydrogen) atoms. The number of nitrogens with one attached hydrogen (secondary N) is 2. The fraction of sp³-hybridized carbons (Fsp3) is 0.583. The van der Waals surface area contributed by atoms with E-state index >= 15 is 0 Å². The van der Waals surface area contributed by atoms with Gasteiger partial charge >= 0.3 is 0 Å². The predicted molar refractivity (Wildman–Crippen MR) is 63.0 cm³/mol. The second-order valence-electron chi connectivity index (χ2n) is 4.13. The van der Waals surface area contributed by atoms with Crippen molar-refractivity contribution in [3.8, 4) is 0 Å². The van der Waals surface area contributed by atoms with Crippen molar-refractivity contribution in [2.45, 2.75) is 25.5 Å². The van der Waals surface area contributed by atoms with E-state index < -0.39 is 0 Å². The number of furan rings is 1. The topological polar surface area (TPSA) is 63.5 Å². The molecule has 5 nitrogen and oxygen atoms in total. The molecule has 0 spiro atoms. The minimum absolute atomic E-state index is 0.00248. The van der Waals surface area contributed by atoms with Crippen LogP contribution in [0.2, 0.25) is 0 Å². The number of aryl methyl sites for hydroxylation is 1. The van der Waals surface area contributed by atoms with Gasteiger partial charge in [-0.15, -0.1) is 0 Å². The first-order chi connectivity index (χ1) is 8.24. The molecule has 1 saturated heterocycles. The summed E-state index contributed by atoms with van der Waals surface area (Å²) in [5, 5.41) is 6.09. The Kier molecular flexibility index (Phi) is 3.81. The molecular weight excluding hydrogens is 220 g/mol. The van der Waals surface area contributed by atoms with E-state index in [0.29, 0.717) is 5.76 Å². The molecule has 0 radical (unpaired) electrons. The molecule has 1 fully saturated rings. The summed E-state index contributed by atoms with van der Waals surface area (Å²) in [4.78, 5) is 11.9. The second-order valence-corrected chi connectivity index (χ2v) is 4.13. The van der Waals surface area contributed by atoms with Gasteiger partial charge in [-0.25, -0.2) is 0 Å². The molecule has 2 N–H and O–H groups in total. The quantitative estimate of drug-likeness (QED) is 0.804. The van der Waals surface area contributed by atoms with Crippen LogP contribution in [0.15, 0.2) is 16.5 Å². The van der Waals surface area contributed by atoms with E-state index in [-0.39, 0.29) is 18.1 Å². The lowest BCUT2D eigenvalue weighted by Gasteiger charge is -2.17. The number of rotatable bonds is 4. The molecule has 2 heterocycles. The summed E-state index contributed by atoms with van der Waals surface area (Å²) in [5.41, 5.74) is 0. The van der Waals surface area contributed by atoms with Crippen molar-refractivity contribution in [3.63, 3.8) is 0 Å². The van der Waals surface area contributed by atoms with Crippen LogP contribution in [0.3, 0.4) is 0 Å². The van der Waals surface area contributed by atoms with Crippen LogP contribution in [0.4, 0.5) is 0 Å². The third-order valence-electron chi connectivity index (χ3n) is 3.01. The smallest absolute Gasteiger partial charge is 0.287 e. The van der Waals surface area contributed by atoms with Crippen LogP contribution < -0.4 is 10.6 Å². The largest absolute Gasteiger partial charge is 0.456 e. The highest BCUT2D eigenvalue weighted by Crippen LogP contribution is 2.10. The number of carbonyl (C=O) groups excluding carboxylic acids is 1. The Morgan fingerprint density at radius 3 is 3.06 bits per heavy atom. The molecule has 0 bridgehead atoms. The van der Waals surface area contributed by atoms with Crippen molar-refractivity contribution < 1.29 is 13.9 Å². The zero-order valence-electron chi connectivity index (χ0n) is 10.2. The van der Waals surface area contributed by atoms with Crippen molar-refractivity contribution in [2.75, 3.05) is 20.2 Å². The number of hydrogen-bond donors (Lipinski definition) is 2. The van der Waals surface area contributed by atoms with Crippen LogP contribution >= 0.6 is 0 Å². The van der Waals surface area contributed by atoms with E-state index in [4.69, 9.17) is 9.15 Å². The minimum Gasteiger partial charge on any atom is -0.456 e. The second kappa shape index (κ2) is 5.33. The number of amides is 1. The Bertz CT molecular complexity index is 389. The molecular formula is C12H18N2O3. The summed E-state index contributed by atoms with van der Waals surface area (Å²) < 4.78 is 10.7. The monoisotopic (exact) mass is 238 g/mol. The van der Waals surface area contributed by atoms with Gasteiger partial charge in [-0.2, -0.15) is 0 Å². The Balaban J connectivity index is 1.96. The van der Waals surface area contributed by atoms with Gasteiger partial charge in [0.15, 0.2) is 5.76 Å². The van der Waals surface area contributed by atoms with Crippen molar-refractivity contribution >= 4 is 5.91 Å². The van der Waals surface area contributed by atoms with Gasteiger partial charge in [0.25, 0.3) is 5.91 Å². The summed E-state index contributed by atoms with van der Waals surface area (Å²) in [5.74, 6) is 1.01. The van der Waals surface area contributed by atoms with Gasteiger partial charge in [0.05, 0.1) is 12.1 Å². The fourth-order valence-corrected chi connectivity index (χ4v) is 1.98. The molecule has 94 valence electrons. The highest BCUT2D eigenvalue weighted by molar-refractivity contribution is 5.91. The van der Waals surface area contributed by atoms with Crippen LogP contribution in [-0.4, -0.2) is 38.3 Å². The molecule has 1 amide bonds. The first-order valence-electron chi connectivity index (χ1n) is 5.87. The van der Waals surface area contributed by atoms with Gasteiger partial charge in [-0.05, 0) is 12.1 Å². The van der Waals surface area contributed by atoms with Gasteiger partial charge in [0, 0.05) is 26.6 Å². The van der Waals surface area contributed by atoms with Crippen molar-refractivity contribution in [3.05, 3.63) is 23.7 Å². The highest BCUT2D eigenvalue weighted by Gasteiger charge is 2.29. The average molecular weight is 238 g/mol. The van der Waals surface area contributed by atoms with Crippen LogP contribution in [0.25, 0.3) is 0 Å². The number of ether oxygens (including phenoxy) is 1. The van der Waals surface area contributed by atoms with E-state index in [1.165, 1.54) is 0 Å². The lowest BCUT2D eigenvalue weighted by atomic mass is 10.2. The lowest BCUT2D eigenvalue weighted by Crippen LogP contribution is -2.43. The zero-order chi connectivity index (χ0) is 12.3. The first kappa shape index (κ1) is 12.1. The molecule has 0 unspecified atom stereocenters. The number of methoxy groups -OCH3 is 1. The summed E-state index contributed by atoms with van der Waals surface area (Å²) in [6.07, 6.45) is 0.818. The minimum atomic E-state index is -0.180. The maximum Gasteiger partial charge on any atom is 0.287 e. The standard InChI is InChI=1S/C12H18N2O3/c1-3-8-4-5-10(17-8)12(15)14-9-6-13-7-11(9)16-2/h4-5,9,11,13H,3,6-7H2,1-2H3,(H,14,15)/t9-,11-/m0/s1. The van der Waals surface area contributed by atoms with Crippen molar-refractivity contribution in [1.29, 1.82) is 0 Å². The normalized spacial score (nSPS) is 23.9. The summed E-state index contributed by atoms with van der Waals surface area (Å²) >= 11 is 0. The Morgan fingerprint density at radius 1 is 1.59 bits per heavy atom. The van der Waals surface area contributed by atoms with E-state index in [1.807, 2.05) is 13.0 Å². The molecule has 0 aromatic carbocycles. The maximum atomic E-state index is 11.9. The summed E-state index contributed by atoms with van der Waals surface area (Å²) in [6, 6.07) is 3.54.